The third kappa shape index (κ3) is 4.19. The standard InChI is InChI=1S/C12H9ClN4OS3/c13-8-3-1-7(2-4-8)5-20-12-17-16-11(21-12)15-10-14-9(18)6-19-10/h1-4H,5-6H2,(H,14,15,16,18). The highest BCUT2D eigenvalue weighted by Gasteiger charge is 2.17. The zero-order valence-electron chi connectivity index (χ0n) is 10.6. The number of hydrogen-bond acceptors (Lipinski definition) is 7. The molecule has 1 N–H and O–H groups in total. The second kappa shape index (κ2) is 6.78. The molecule has 0 spiro atoms. The van der Waals surface area contributed by atoms with Crippen molar-refractivity contribution >= 4 is 62.7 Å². The van der Waals surface area contributed by atoms with Crippen LogP contribution in [0, 0.1) is 0 Å². The van der Waals surface area contributed by atoms with Gasteiger partial charge < -0.3 is 5.32 Å². The molecule has 1 amide bonds. The van der Waals surface area contributed by atoms with Crippen molar-refractivity contribution < 1.29 is 4.79 Å². The van der Waals surface area contributed by atoms with E-state index in [9.17, 15) is 4.79 Å². The number of amides is 1. The summed E-state index contributed by atoms with van der Waals surface area (Å²) in [6, 6.07) is 7.72. The summed E-state index contributed by atoms with van der Waals surface area (Å²) in [5, 5.41) is 12.6. The number of carbonyl (C=O) groups excluding carboxylic acids is 1. The first-order chi connectivity index (χ1) is 10.2. The van der Waals surface area contributed by atoms with Gasteiger partial charge in [-0.05, 0) is 17.7 Å². The van der Waals surface area contributed by atoms with Crippen LogP contribution in [0.25, 0.3) is 0 Å². The van der Waals surface area contributed by atoms with E-state index in [2.05, 4.69) is 20.5 Å². The highest BCUT2D eigenvalue weighted by Crippen LogP contribution is 2.30. The van der Waals surface area contributed by atoms with Gasteiger partial charge in [0, 0.05) is 10.8 Å². The summed E-state index contributed by atoms with van der Waals surface area (Å²) in [4.78, 5) is 15.3. The smallest absolute Gasteiger partial charge is 0.236 e. The fourth-order valence-electron chi connectivity index (χ4n) is 1.50. The SMILES string of the molecule is O=C1CS/C(=N/c2nnc(SCc3ccc(Cl)cc3)s2)N1. The molecule has 21 heavy (non-hydrogen) atoms. The van der Waals surface area contributed by atoms with E-state index in [1.54, 1.807) is 11.8 Å². The Bertz CT molecular complexity index is 686. The van der Waals surface area contributed by atoms with Crippen molar-refractivity contribution in [2.45, 2.75) is 10.1 Å². The Morgan fingerprint density at radius 1 is 1.33 bits per heavy atom. The second-order valence-corrected chi connectivity index (χ2v) is 7.60. The Morgan fingerprint density at radius 2 is 2.14 bits per heavy atom. The number of amidine groups is 1. The predicted molar refractivity (Wildman–Crippen MR) is 88.6 cm³/mol. The van der Waals surface area contributed by atoms with Gasteiger partial charge in [0.25, 0.3) is 0 Å². The van der Waals surface area contributed by atoms with Gasteiger partial charge in [-0.3, -0.25) is 4.79 Å². The molecule has 0 bridgehead atoms. The maximum Gasteiger partial charge on any atom is 0.236 e. The third-order valence-corrected chi connectivity index (χ3v) is 5.60. The van der Waals surface area contributed by atoms with Crippen LogP contribution in [0.4, 0.5) is 5.13 Å². The molecule has 2 heterocycles. The number of nitrogens with one attached hydrogen (secondary N) is 1. The monoisotopic (exact) mass is 356 g/mol. The van der Waals surface area contributed by atoms with Gasteiger partial charge in [0.15, 0.2) is 9.51 Å². The molecule has 1 fully saturated rings. The number of rotatable bonds is 4. The Kier molecular flexibility index (Phi) is 4.79. The molecule has 1 saturated heterocycles. The summed E-state index contributed by atoms with van der Waals surface area (Å²) in [5.74, 6) is 1.18. The van der Waals surface area contributed by atoms with Gasteiger partial charge in [-0.2, -0.15) is 4.99 Å². The van der Waals surface area contributed by atoms with E-state index in [-0.39, 0.29) is 5.91 Å². The normalized spacial score (nSPS) is 16.4. The maximum absolute atomic E-state index is 11.1. The number of thioether (sulfide) groups is 2. The van der Waals surface area contributed by atoms with E-state index in [4.69, 9.17) is 11.6 Å². The van der Waals surface area contributed by atoms with E-state index in [0.29, 0.717) is 16.1 Å². The first-order valence-electron chi connectivity index (χ1n) is 5.91. The van der Waals surface area contributed by atoms with Crippen molar-refractivity contribution in [1.29, 1.82) is 0 Å². The quantitative estimate of drug-likeness (QED) is 0.851. The number of aromatic nitrogens is 2. The summed E-state index contributed by atoms with van der Waals surface area (Å²) in [6.07, 6.45) is 0. The van der Waals surface area contributed by atoms with E-state index in [0.717, 1.165) is 15.1 Å². The maximum atomic E-state index is 11.1. The summed E-state index contributed by atoms with van der Waals surface area (Å²) in [6.45, 7) is 0. The summed E-state index contributed by atoms with van der Waals surface area (Å²) < 4.78 is 0.846. The van der Waals surface area contributed by atoms with Crippen molar-refractivity contribution in [2.24, 2.45) is 4.99 Å². The van der Waals surface area contributed by atoms with Crippen LogP contribution < -0.4 is 5.32 Å². The lowest BCUT2D eigenvalue weighted by Crippen LogP contribution is -2.19. The van der Waals surface area contributed by atoms with Crippen LogP contribution in [0.2, 0.25) is 5.02 Å². The van der Waals surface area contributed by atoms with Gasteiger partial charge in [-0.15, -0.1) is 10.2 Å². The molecule has 0 atom stereocenters. The van der Waals surface area contributed by atoms with E-state index in [1.807, 2.05) is 24.3 Å². The summed E-state index contributed by atoms with van der Waals surface area (Å²) in [7, 11) is 0. The van der Waals surface area contributed by atoms with Crippen molar-refractivity contribution in [2.75, 3.05) is 5.75 Å². The van der Waals surface area contributed by atoms with Crippen molar-refractivity contribution in [3.63, 3.8) is 0 Å². The first kappa shape index (κ1) is 14.8. The minimum Gasteiger partial charge on any atom is -0.304 e. The van der Waals surface area contributed by atoms with Gasteiger partial charge in [-0.25, -0.2) is 0 Å². The molecular weight excluding hydrogens is 348 g/mol. The highest BCUT2D eigenvalue weighted by molar-refractivity contribution is 8.15. The van der Waals surface area contributed by atoms with Crippen LogP contribution in [0.3, 0.4) is 0 Å². The minimum absolute atomic E-state index is 0.0272. The zero-order chi connectivity index (χ0) is 14.7. The van der Waals surface area contributed by atoms with Crippen molar-refractivity contribution in [3.8, 4) is 0 Å². The molecule has 0 saturated carbocycles. The fourth-order valence-corrected chi connectivity index (χ4v) is 4.04. The molecule has 3 rings (SSSR count). The second-order valence-electron chi connectivity index (χ2n) is 4.02. The van der Waals surface area contributed by atoms with Crippen molar-refractivity contribution in [3.05, 3.63) is 34.9 Å². The van der Waals surface area contributed by atoms with Gasteiger partial charge in [0.2, 0.25) is 11.0 Å². The molecule has 9 heteroatoms. The van der Waals surface area contributed by atoms with E-state index < -0.39 is 0 Å². The average Bonchev–Trinajstić information content (AvgIpc) is 3.08. The number of benzene rings is 1. The molecule has 1 aromatic heterocycles. The minimum atomic E-state index is -0.0272. The van der Waals surface area contributed by atoms with Crippen LogP contribution in [-0.2, 0) is 10.5 Å². The molecule has 0 unspecified atom stereocenters. The van der Waals surface area contributed by atoms with Crippen LogP contribution in [0.5, 0.6) is 0 Å². The fraction of sp³-hybridized carbons (Fsp3) is 0.167. The topological polar surface area (TPSA) is 67.2 Å². The lowest BCUT2D eigenvalue weighted by Gasteiger charge is -1.98. The molecule has 0 aliphatic carbocycles. The van der Waals surface area contributed by atoms with Crippen LogP contribution in [0.15, 0.2) is 33.6 Å². The molecule has 5 nitrogen and oxygen atoms in total. The van der Waals surface area contributed by atoms with Crippen LogP contribution in [-0.4, -0.2) is 27.0 Å². The lowest BCUT2D eigenvalue weighted by atomic mass is 10.2. The molecule has 0 radical (unpaired) electrons. The average molecular weight is 357 g/mol. The number of aliphatic imine (C=N–C) groups is 1. The number of halogens is 1. The van der Waals surface area contributed by atoms with Gasteiger partial charge in [0.1, 0.15) is 0 Å². The third-order valence-electron chi connectivity index (χ3n) is 2.45. The molecular formula is C12H9ClN4OS3. The first-order valence-corrected chi connectivity index (χ1v) is 9.08. The predicted octanol–water partition coefficient (Wildman–Crippen LogP) is 3.33. The Hall–Kier alpha value is -1.09. The Labute approximate surface area is 138 Å². The highest BCUT2D eigenvalue weighted by atomic mass is 35.5. The molecule has 108 valence electrons. The largest absolute Gasteiger partial charge is 0.304 e. The summed E-state index contributed by atoms with van der Waals surface area (Å²) in [5.41, 5.74) is 1.17. The van der Waals surface area contributed by atoms with Crippen LogP contribution >= 0.6 is 46.5 Å². The molecule has 1 aliphatic rings. The van der Waals surface area contributed by atoms with Gasteiger partial charge >= 0.3 is 0 Å². The lowest BCUT2D eigenvalue weighted by molar-refractivity contribution is -0.116. The molecule has 1 aliphatic heterocycles. The Morgan fingerprint density at radius 3 is 2.86 bits per heavy atom. The summed E-state index contributed by atoms with van der Waals surface area (Å²) >= 11 is 10.2. The number of hydrogen-bond donors (Lipinski definition) is 1. The molecule has 2 aromatic rings. The Balaban J connectivity index is 1.60. The number of nitrogens with zero attached hydrogens (tertiary/aromatic N) is 3. The van der Waals surface area contributed by atoms with E-state index >= 15 is 0 Å². The van der Waals surface area contributed by atoms with Crippen LogP contribution in [0.1, 0.15) is 5.56 Å². The van der Waals surface area contributed by atoms with Crippen molar-refractivity contribution in [1.82, 2.24) is 15.5 Å². The van der Waals surface area contributed by atoms with Gasteiger partial charge in [-0.1, -0.05) is 58.6 Å². The zero-order valence-corrected chi connectivity index (χ0v) is 13.8. The van der Waals surface area contributed by atoms with Gasteiger partial charge in [0.05, 0.1) is 5.75 Å². The number of carbonyl (C=O) groups is 1. The molecule has 1 aromatic carbocycles. The van der Waals surface area contributed by atoms with E-state index in [1.165, 1.54) is 28.7 Å².